The van der Waals surface area contributed by atoms with Crippen LogP contribution in [-0.2, 0) is 4.79 Å². The highest BCUT2D eigenvalue weighted by Crippen LogP contribution is 2.22. The summed E-state index contributed by atoms with van der Waals surface area (Å²) in [5.41, 5.74) is 0.204. The molecule has 1 saturated heterocycles. The molecule has 0 aromatic heterocycles. The van der Waals surface area contributed by atoms with Crippen molar-refractivity contribution in [3.05, 3.63) is 29.8 Å². The minimum absolute atomic E-state index is 0.00848. The standard InChI is InChI=1S/C12H13NO5/c14-8-3-1-2-7(4-8)11(16)13-6-9(15)5-10(13)12(17)18/h1-4,9-10,14-15H,5-6H2,(H,17,18)/t9-,10-/m0/s1. The number of rotatable bonds is 2. The van der Waals surface area contributed by atoms with Crippen LogP contribution in [0.1, 0.15) is 16.8 Å². The molecule has 0 radical (unpaired) electrons. The molecular weight excluding hydrogens is 238 g/mol. The Kier molecular flexibility index (Phi) is 3.20. The molecule has 0 spiro atoms. The lowest BCUT2D eigenvalue weighted by molar-refractivity contribution is -0.141. The summed E-state index contributed by atoms with van der Waals surface area (Å²) < 4.78 is 0. The number of carboxylic acids is 1. The zero-order chi connectivity index (χ0) is 13.3. The molecule has 0 unspecified atom stereocenters. The van der Waals surface area contributed by atoms with E-state index in [1.165, 1.54) is 24.3 Å². The van der Waals surface area contributed by atoms with Crippen LogP contribution in [0.2, 0.25) is 0 Å². The SMILES string of the molecule is O=C(O)[C@@H]1C[C@H](O)CN1C(=O)c1cccc(O)c1. The third kappa shape index (κ3) is 2.28. The van der Waals surface area contributed by atoms with E-state index in [1.54, 1.807) is 0 Å². The van der Waals surface area contributed by atoms with Crippen LogP contribution >= 0.6 is 0 Å². The fourth-order valence-corrected chi connectivity index (χ4v) is 2.08. The number of phenols is 1. The van der Waals surface area contributed by atoms with E-state index in [-0.39, 0.29) is 24.3 Å². The minimum Gasteiger partial charge on any atom is -0.508 e. The third-order valence-corrected chi connectivity index (χ3v) is 2.92. The molecule has 1 aliphatic heterocycles. The first-order chi connectivity index (χ1) is 8.49. The molecule has 3 N–H and O–H groups in total. The van der Waals surface area contributed by atoms with Crippen molar-refractivity contribution in [2.75, 3.05) is 6.54 Å². The van der Waals surface area contributed by atoms with Gasteiger partial charge in [0.2, 0.25) is 0 Å². The molecule has 18 heavy (non-hydrogen) atoms. The lowest BCUT2D eigenvalue weighted by Crippen LogP contribution is -2.40. The second-order valence-corrected chi connectivity index (χ2v) is 4.25. The molecule has 1 amide bonds. The number of amides is 1. The van der Waals surface area contributed by atoms with Gasteiger partial charge in [0.25, 0.3) is 5.91 Å². The van der Waals surface area contributed by atoms with E-state index in [2.05, 4.69) is 0 Å². The Hall–Kier alpha value is -2.08. The van der Waals surface area contributed by atoms with Gasteiger partial charge in [-0.1, -0.05) is 6.07 Å². The molecule has 1 aromatic carbocycles. The van der Waals surface area contributed by atoms with Crippen molar-refractivity contribution < 1.29 is 24.9 Å². The average molecular weight is 251 g/mol. The first kappa shape index (κ1) is 12.4. The molecule has 2 atom stereocenters. The van der Waals surface area contributed by atoms with E-state index in [0.29, 0.717) is 0 Å². The Labute approximate surface area is 103 Å². The molecule has 1 heterocycles. The number of hydrogen-bond acceptors (Lipinski definition) is 4. The first-order valence-corrected chi connectivity index (χ1v) is 5.50. The Morgan fingerprint density at radius 3 is 2.67 bits per heavy atom. The van der Waals surface area contributed by atoms with Crippen LogP contribution in [-0.4, -0.2) is 50.8 Å². The van der Waals surface area contributed by atoms with Crippen molar-refractivity contribution >= 4 is 11.9 Å². The lowest BCUT2D eigenvalue weighted by atomic mass is 10.1. The van der Waals surface area contributed by atoms with E-state index in [1.807, 2.05) is 0 Å². The zero-order valence-corrected chi connectivity index (χ0v) is 9.48. The van der Waals surface area contributed by atoms with Crippen molar-refractivity contribution in [3.8, 4) is 5.75 Å². The fraction of sp³-hybridized carbons (Fsp3) is 0.333. The maximum Gasteiger partial charge on any atom is 0.326 e. The number of phenolic OH excluding ortho intramolecular Hbond substituents is 1. The van der Waals surface area contributed by atoms with Gasteiger partial charge >= 0.3 is 5.97 Å². The summed E-state index contributed by atoms with van der Waals surface area (Å²) >= 11 is 0. The third-order valence-electron chi connectivity index (χ3n) is 2.92. The Balaban J connectivity index is 2.25. The van der Waals surface area contributed by atoms with Gasteiger partial charge in [-0.05, 0) is 18.2 Å². The summed E-state index contributed by atoms with van der Waals surface area (Å²) in [6.07, 6.45) is -0.799. The average Bonchev–Trinajstić information content (AvgIpc) is 2.70. The van der Waals surface area contributed by atoms with Gasteiger partial charge in [-0.2, -0.15) is 0 Å². The molecule has 2 rings (SSSR count). The number of hydrogen-bond donors (Lipinski definition) is 3. The van der Waals surface area contributed by atoms with Crippen LogP contribution in [0.25, 0.3) is 0 Å². The van der Waals surface area contributed by atoms with Crippen LogP contribution in [0.15, 0.2) is 24.3 Å². The fourth-order valence-electron chi connectivity index (χ4n) is 2.08. The molecule has 1 aliphatic rings. The van der Waals surface area contributed by atoms with Gasteiger partial charge in [0, 0.05) is 18.5 Å². The van der Waals surface area contributed by atoms with Gasteiger partial charge in [-0.15, -0.1) is 0 Å². The van der Waals surface area contributed by atoms with Gasteiger partial charge in [0.1, 0.15) is 11.8 Å². The topological polar surface area (TPSA) is 98.1 Å². The molecule has 6 heteroatoms. The molecule has 0 saturated carbocycles. The number of aromatic hydroxyl groups is 1. The Bertz CT molecular complexity index is 487. The smallest absolute Gasteiger partial charge is 0.326 e. The van der Waals surface area contributed by atoms with Crippen LogP contribution in [0.5, 0.6) is 5.75 Å². The molecule has 0 aliphatic carbocycles. The normalized spacial score (nSPS) is 23.1. The van der Waals surface area contributed by atoms with Crippen molar-refractivity contribution in [1.82, 2.24) is 4.90 Å². The molecule has 96 valence electrons. The molecule has 0 bridgehead atoms. The zero-order valence-electron chi connectivity index (χ0n) is 9.48. The van der Waals surface area contributed by atoms with E-state index in [0.717, 1.165) is 4.90 Å². The largest absolute Gasteiger partial charge is 0.508 e. The van der Waals surface area contributed by atoms with Crippen molar-refractivity contribution in [2.24, 2.45) is 0 Å². The van der Waals surface area contributed by atoms with Gasteiger partial charge in [0.05, 0.1) is 6.10 Å². The predicted molar refractivity (Wildman–Crippen MR) is 61.2 cm³/mol. The van der Waals surface area contributed by atoms with Crippen LogP contribution in [0, 0.1) is 0 Å². The highest BCUT2D eigenvalue weighted by Gasteiger charge is 2.39. The van der Waals surface area contributed by atoms with E-state index in [9.17, 15) is 19.8 Å². The van der Waals surface area contributed by atoms with Gasteiger partial charge in [-0.25, -0.2) is 4.79 Å². The maximum atomic E-state index is 12.1. The van der Waals surface area contributed by atoms with Crippen molar-refractivity contribution in [1.29, 1.82) is 0 Å². The van der Waals surface area contributed by atoms with Crippen molar-refractivity contribution in [3.63, 3.8) is 0 Å². The number of carboxylic acid groups (broad SMARTS) is 1. The number of likely N-dealkylation sites (tertiary alicyclic amines) is 1. The number of aliphatic hydroxyl groups is 1. The summed E-state index contributed by atoms with van der Waals surface area (Å²) in [5, 5.41) is 27.8. The number of aliphatic hydroxyl groups excluding tert-OH is 1. The monoisotopic (exact) mass is 251 g/mol. The molecule has 6 nitrogen and oxygen atoms in total. The molecule has 1 aromatic rings. The number of benzene rings is 1. The highest BCUT2D eigenvalue weighted by atomic mass is 16.4. The number of carbonyl (C=O) groups is 2. The lowest BCUT2D eigenvalue weighted by Gasteiger charge is -2.21. The Morgan fingerprint density at radius 2 is 2.06 bits per heavy atom. The predicted octanol–water partition coefficient (Wildman–Crippen LogP) is 0.0522. The van der Waals surface area contributed by atoms with E-state index in [4.69, 9.17) is 5.11 Å². The summed E-state index contributed by atoms with van der Waals surface area (Å²) in [6.45, 7) is -0.00848. The summed E-state index contributed by atoms with van der Waals surface area (Å²) in [7, 11) is 0. The van der Waals surface area contributed by atoms with Crippen LogP contribution in [0.3, 0.4) is 0 Å². The number of β-amino-alcohol motifs (C(OH)–C–C–N with tert-alkyl or cyclic N) is 1. The van der Waals surface area contributed by atoms with E-state index >= 15 is 0 Å². The quantitative estimate of drug-likeness (QED) is 0.690. The minimum atomic E-state index is -1.14. The second-order valence-electron chi connectivity index (χ2n) is 4.25. The maximum absolute atomic E-state index is 12.1. The number of carbonyl (C=O) groups excluding carboxylic acids is 1. The summed E-state index contributed by atoms with van der Waals surface area (Å²) in [4.78, 5) is 24.2. The molecule has 1 fully saturated rings. The molecular formula is C12H13NO5. The van der Waals surface area contributed by atoms with Gasteiger partial charge < -0.3 is 20.2 Å². The summed E-state index contributed by atoms with van der Waals surface area (Å²) in [5.74, 6) is -1.71. The highest BCUT2D eigenvalue weighted by molar-refractivity contribution is 5.97. The second kappa shape index (κ2) is 4.66. The van der Waals surface area contributed by atoms with Crippen LogP contribution < -0.4 is 0 Å². The van der Waals surface area contributed by atoms with Crippen molar-refractivity contribution in [2.45, 2.75) is 18.6 Å². The first-order valence-electron chi connectivity index (χ1n) is 5.50. The van der Waals surface area contributed by atoms with E-state index < -0.39 is 24.0 Å². The van der Waals surface area contributed by atoms with Crippen LogP contribution in [0.4, 0.5) is 0 Å². The van der Waals surface area contributed by atoms with Gasteiger partial charge in [0.15, 0.2) is 0 Å². The number of aliphatic carboxylic acids is 1. The Morgan fingerprint density at radius 1 is 1.33 bits per heavy atom. The van der Waals surface area contributed by atoms with Gasteiger partial charge in [-0.3, -0.25) is 4.79 Å². The summed E-state index contributed by atoms with van der Waals surface area (Å²) in [6, 6.07) is 4.67. The number of nitrogens with zero attached hydrogens (tertiary/aromatic N) is 1.